The number of benzene rings is 5. The largest absolute Gasteiger partial charge is 0.454 e. The van der Waals surface area contributed by atoms with Gasteiger partial charge in [-0.15, -0.1) is 0 Å². The Labute approximate surface area is 224 Å². The highest BCUT2D eigenvalue weighted by atomic mass is 16.3. The summed E-state index contributed by atoms with van der Waals surface area (Å²) < 4.78 is 8.96. The maximum Gasteiger partial charge on any atom is 0.160 e. The number of fused-ring (bicyclic) bond motifs is 9. The van der Waals surface area contributed by atoms with Crippen molar-refractivity contribution in [2.45, 2.75) is 0 Å². The lowest BCUT2D eigenvalue weighted by molar-refractivity contribution is 0.671. The Hall–Kier alpha value is -5.35. The number of furan rings is 1. The molecule has 0 bridgehead atoms. The highest BCUT2D eigenvalue weighted by Crippen LogP contribution is 2.51. The van der Waals surface area contributed by atoms with E-state index in [-0.39, 0.29) is 0 Å². The fourth-order valence-corrected chi connectivity index (χ4v) is 6.34. The summed E-state index contributed by atoms with van der Waals surface area (Å²) in [4.78, 5) is 6.72. The predicted molar refractivity (Wildman–Crippen MR) is 160 cm³/mol. The number of hydrogen-bond donors (Lipinski definition) is 0. The van der Waals surface area contributed by atoms with E-state index in [1.165, 1.54) is 16.3 Å². The van der Waals surface area contributed by atoms with Gasteiger partial charge in [-0.1, -0.05) is 66.7 Å². The van der Waals surface area contributed by atoms with Gasteiger partial charge in [-0.3, -0.25) is 4.98 Å². The zero-order chi connectivity index (χ0) is 25.5. The maximum absolute atomic E-state index is 6.55. The molecule has 0 atom stereocenters. The van der Waals surface area contributed by atoms with Gasteiger partial charge in [0, 0.05) is 45.2 Å². The Morgan fingerprint density at radius 2 is 1.28 bits per heavy atom. The number of nitrogens with zero attached hydrogens (tertiary/aromatic N) is 3. The molecule has 1 aliphatic rings. The minimum absolute atomic E-state index is 0.913. The van der Waals surface area contributed by atoms with Gasteiger partial charge in [0.25, 0.3) is 0 Å². The number of rotatable bonds is 2. The zero-order valence-corrected chi connectivity index (χ0v) is 20.9. The lowest BCUT2D eigenvalue weighted by atomic mass is 10.0. The van der Waals surface area contributed by atoms with Crippen molar-refractivity contribution in [1.82, 2.24) is 9.55 Å². The van der Waals surface area contributed by atoms with Crippen LogP contribution in [0.15, 0.2) is 132 Å². The van der Waals surface area contributed by atoms with Gasteiger partial charge < -0.3 is 13.9 Å². The van der Waals surface area contributed by atoms with Gasteiger partial charge in [0.1, 0.15) is 5.58 Å². The van der Waals surface area contributed by atoms with E-state index in [1.54, 1.807) is 0 Å². The van der Waals surface area contributed by atoms with Crippen LogP contribution in [0.1, 0.15) is 0 Å². The first kappa shape index (κ1) is 20.7. The molecule has 0 radical (unpaired) electrons. The summed E-state index contributed by atoms with van der Waals surface area (Å²) in [5.74, 6) is 0. The number of aromatic nitrogens is 2. The second-order valence-electron chi connectivity index (χ2n) is 10.1. The minimum atomic E-state index is 0.913. The average Bonchev–Trinajstić information content (AvgIpc) is 3.55. The Kier molecular flexibility index (Phi) is 4.02. The molecule has 39 heavy (non-hydrogen) atoms. The standard InChI is InChI=1S/C35H21N3O/c1-4-16-32-25(11-1)28-18-17-27-26-12-6-15-31-33(26)38(34(27)35(28)39-32)30-14-3-2-13-29(30)37(31)24-10-5-8-22(20-24)23-9-7-19-36-21-23/h1-21H. The molecule has 0 fully saturated rings. The van der Waals surface area contributed by atoms with Crippen LogP contribution in [-0.2, 0) is 0 Å². The van der Waals surface area contributed by atoms with Crippen molar-refractivity contribution in [3.63, 3.8) is 0 Å². The van der Waals surface area contributed by atoms with E-state index in [1.807, 2.05) is 24.5 Å². The normalized spacial score (nSPS) is 12.6. The highest BCUT2D eigenvalue weighted by Gasteiger charge is 2.30. The molecule has 4 heterocycles. The van der Waals surface area contributed by atoms with Crippen molar-refractivity contribution in [1.29, 1.82) is 0 Å². The summed E-state index contributed by atoms with van der Waals surface area (Å²) in [6.45, 7) is 0. The Bertz CT molecular complexity index is 2240. The van der Waals surface area contributed by atoms with Crippen molar-refractivity contribution in [3.05, 3.63) is 128 Å². The molecule has 0 saturated carbocycles. The fourth-order valence-electron chi connectivity index (χ4n) is 6.34. The number of pyridine rings is 1. The van der Waals surface area contributed by atoms with Gasteiger partial charge in [-0.2, -0.15) is 0 Å². The molecule has 4 heteroatoms. The number of anilines is 3. The lowest BCUT2D eigenvalue weighted by Gasteiger charge is -2.33. The smallest absolute Gasteiger partial charge is 0.160 e. The molecule has 182 valence electrons. The SMILES string of the molecule is c1cncc(-c2cccc(N3c4ccccc4-n4c5c3cccc5c3ccc5c6ccccc6oc5c34)c2)c1. The summed E-state index contributed by atoms with van der Waals surface area (Å²) in [6, 6.07) is 40.8. The first-order valence-electron chi connectivity index (χ1n) is 13.1. The zero-order valence-electron chi connectivity index (χ0n) is 20.9. The van der Waals surface area contributed by atoms with Crippen molar-refractivity contribution in [3.8, 4) is 16.8 Å². The summed E-state index contributed by atoms with van der Waals surface area (Å²) in [6.07, 6.45) is 3.73. The lowest BCUT2D eigenvalue weighted by Crippen LogP contribution is -2.18. The van der Waals surface area contributed by atoms with Crippen LogP contribution in [0.2, 0.25) is 0 Å². The van der Waals surface area contributed by atoms with Crippen molar-refractivity contribution < 1.29 is 4.42 Å². The molecular weight excluding hydrogens is 478 g/mol. The summed E-state index contributed by atoms with van der Waals surface area (Å²) in [5.41, 5.74) is 10.9. The minimum Gasteiger partial charge on any atom is -0.454 e. The van der Waals surface area contributed by atoms with Crippen LogP contribution < -0.4 is 4.90 Å². The van der Waals surface area contributed by atoms with Gasteiger partial charge in [-0.25, -0.2) is 0 Å². The molecule has 1 aliphatic heterocycles. The van der Waals surface area contributed by atoms with E-state index >= 15 is 0 Å². The van der Waals surface area contributed by atoms with Crippen LogP contribution in [0.4, 0.5) is 17.1 Å². The van der Waals surface area contributed by atoms with Crippen molar-refractivity contribution in [2.24, 2.45) is 0 Å². The molecule has 0 N–H and O–H groups in total. The van der Waals surface area contributed by atoms with Crippen LogP contribution in [0, 0.1) is 0 Å². The summed E-state index contributed by atoms with van der Waals surface area (Å²) in [7, 11) is 0. The average molecular weight is 500 g/mol. The van der Waals surface area contributed by atoms with Crippen LogP contribution in [0.5, 0.6) is 0 Å². The van der Waals surface area contributed by atoms with E-state index in [0.29, 0.717) is 0 Å². The third-order valence-electron chi connectivity index (χ3n) is 7.98. The van der Waals surface area contributed by atoms with E-state index in [0.717, 1.165) is 61.3 Å². The molecule has 4 nitrogen and oxygen atoms in total. The van der Waals surface area contributed by atoms with E-state index in [4.69, 9.17) is 4.42 Å². The predicted octanol–water partition coefficient (Wildman–Crippen LogP) is 9.53. The first-order valence-corrected chi connectivity index (χ1v) is 13.1. The maximum atomic E-state index is 6.55. The van der Waals surface area contributed by atoms with Gasteiger partial charge in [0.2, 0.25) is 0 Å². The summed E-state index contributed by atoms with van der Waals surface area (Å²) in [5, 5.41) is 4.69. The fraction of sp³-hybridized carbons (Fsp3) is 0. The molecule has 8 aromatic rings. The van der Waals surface area contributed by atoms with Gasteiger partial charge in [0.05, 0.1) is 28.1 Å². The van der Waals surface area contributed by atoms with Crippen LogP contribution >= 0.6 is 0 Å². The van der Waals surface area contributed by atoms with E-state index in [9.17, 15) is 0 Å². The topological polar surface area (TPSA) is 34.2 Å². The molecule has 5 aromatic carbocycles. The van der Waals surface area contributed by atoms with Gasteiger partial charge >= 0.3 is 0 Å². The molecule has 0 saturated heterocycles. The molecule has 0 amide bonds. The Morgan fingerprint density at radius 1 is 0.538 bits per heavy atom. The van der Waals surface area contributed by atoms with E-state index in [2.05, 4.69) is 118 Å². The summed E-state index contributed by atoms with van der Waals surface area (Å²) >= 11 is 0. The van der Waals surface area contributed by atoms with Gasteiger partial charge in [-0.05, 0) is 54.1 Å². The molecule has 9 rings (SSSR count). The van der Waals surface area contributed by atoms with Crippen LogP contribution in [-0.4, -0.2) is 9.55 Å². The van der Waals surface area contributed by atoms with Crippen molar-refractivity contribution in [2.75, 3.05) is 4.90 Å². The monoisotopic (exact) mass is 499 g/mol. The van der Waals surface area contributed by atoms with Crippen LogP contribution in [0.3, 0.4) is 0 Å². The molecular formula is C35H21N3O. The van der Waals surface area contributed by atoms with Crippen molar-refractivity contribution >= 4 is 60.8 Å². The third kappa shape index (κ3) is 2.75. The molecule has 3 aromatic heterocycles. The quantitative estimate of drug-likeness (QED) is 0.237. The second kappa shape index (κ2) is 7.59. The third-order valence-corrected chi connectivity index (χ3v) is 7.98. The second-order valence-corrected chi connectivity index (χ2v) is 10.1. The molecule has 0 spiro atoms. The highest BCUT2D eigenvalue weighted by molar-refractivity contribution is 6.24. The van der Waals surface area contributed by atoms with E-state index < -0.39 is 0 Å². The number of hydrogen-bond acceptors (Lipinski definition) is 3. The van der Waals surface area contributed by atoms with Gasteiger partial charge in [0.15, 0.2) is 5.58 Å². The molecule has 0 aliphatic carbocycles. The first-order chi connectivity index (χ1) is 19.4. The Morgan fingerprint density at radius 3 is 2.21 bits per heavy atom. The number of para-hydroxylation sites is 4. The Balaban J connectivity index is 1.40. The molecule has 0 unspecified atom stereocenters. The van der Waals surface area contributed by atoms with Crippen LogP contribution in [0.25, 0.3) is 60.6 Å².